The largest absolute Gasteiger partial charge is 0.492 e. The van der Waals surface area contributed by atoms with Crippen molar-refractivity contribution in [1.29, 1.82) is 0 Å². The van der Waals surface area contributed by atoms with Crippen molar-refractivity contribution in [3.63, 3.8) is 0 Å². The summed E-state index contributed by atoms with van der Waals surface area (Å²) in [5.74, 6) is 1.37. The maximum Gasteiger partial charge on any atom is 0.200 e. The smallest absolute Gasteiger partial charge is 0.200 e. The number of likely N-dealkylation sites (tertiary alicyclic amines) is 1. The Morgan fingerprint density at radius 3 is 2.66 bits per heavy atom. The molecule has 2 aromatic rings. The summed E-state index contributed by atoms with van der Waals surface area (Å²) in [6.07, 6.45) is 6.29. The van der Waals surface area contributed by atoms with Gasteiger partial charge >= 0.3 is 0 Å². The van der Waals surface area contributed by atoms with Crippen molar-refractivity contribution in [2.45, 2.75) is 25.7 Å². The van der Waals surface area contributed by atoms with Gasteiger partial charge in [-0.2, -0.15) is 0 Å². The van der Waals surface area contributed by atoms with Crippen LogP contribution < -0.4 is 15.1 Å². The van der Waals surface area contributed by atoms with Gasteiger partial charge in [0.25, 0.3) is 0 Å². The van der Waals surface area contributed by atoms with Gasteiger partial charge in [0.2, 0.25) is 0 Å². The lowest BCUT2D eigenvalue weighted by Gasteiger charge is -2.27. The normalized spacial score (nSPS) is 18.1. The molecule has 4 rings (SSSR count). The molecule has 0 spiro atoms. The van der Waals surface area contributed by atoms with Crippen molar-refractivity contribution >= 4 is 16.9 Å². The first-order valence-corrected chi connectivity index (χ1v) is 10.6. The minimum absolute atomic E-state index is 0.0297. The average molecular weight is 399 g/mol. The number of rotatable bonds is 7. The second-order valence-electron chi connectivity index (χ2n) is 7.71. The van der Waals surface area contributed by atoms with E-state index in [2.05, 4.69) is 16.4 Å². The molecule has 1 aromatic carbocycles. The summed E-state index contributed by atoms with van der Waals surface area (Å²) in [6.45, 7) is 10.5. The molecule has 2 aliphatic heterocycles. The van der Waals surface area contributed by atoms with Gasteiger partial charge < -0.3 is 18.8 Å². The lowest BCUT2D eigenvalue weighted by atomic mass is 10.1. The van der Waals surface area contributed by atoms with Crippen LogP contribution in [0.1, 0.15) is 24.8 Å². The minimum atomic E-state index is -0.0297. The molecule has 6 nitrogen and oxygen atoms in total. The van der Waals surface area contributed by atoms with Crippen LogP contribution in [0.4, 0.5) is 5.88 Å². The van der Waals surface area contributed by atoms with E-state index in [4.69, 9.17) is 13.9 Å². The molecule has 0 amide bonds. The molecule has 0 aliphatic carbocycles. The quantitative estimate of drug-likeness (QED) is 0.668. The number of nitrogens with zero attached hydrogens (tertiary/aromatic N) is 2. The van der Waals surface area contributed by atoms with E-state index in [9.17, 15) is 4.79 Å². The Labute approximate surface area is 171 Å². The van der Waals surface area contributed by atoms with E-state index < -0.39 is 0 Å². The fraction of sp³-hybridized carbons (Fsp3) is 0.522. The molecule has 2 aliphatic rings. The van der Waals surface area contributed by atoms with Gasteiger partial charge in [0.05, 0.1) is 18.6 Å². The van der Waals surface area contributed by atoms with E-state index in [1.54, 1.807) is 6.07 Å². The fourth-order valence-electron chi connectivity index (χ4n) is 4.12. The number of hydrogen-bond donors (Lipinski definition) is 0. The second-order valence-corrected chi connectivity index (χ2v) is 7.71. The maximum absolute atomic E-state index is 12.7. The molecule has 29 heavy (non-hydrogen) atoms. The summed E-state index contributed by atoms with van der Waals surface area (Å²) in [4.78, 5) is 17.3. The Hall–Kier alpha value is -2.31. The van der Waals surface area contributed by atoms with Crippen molar-refractivity contribution in [2.24, 2.45) is 0 Å². The molecular weight excluding hydrogens is 368 g/mol. The summed E-state index contributed by atoms with van der Waals surface area (Å²) in [5.41, 5.74) is 1.47. The van der Waals surface area contributed by atoms with Gasteiger partial charge in [-0.25, -0.2) is 0 Å². The van der Waals surface area contributed by atoms with Crippen molar-refractivity contribution in [3.8, 4) is 5.75 Å². The van der Waals surface area contributed by atoms with E-state index in [-0.39, 0.29) is 5.43 Å². The van der Waals surface area contributed by atoms with E-state index in [1.807, 2.05) is 18.2 Å². The number of hydrogen-bond acceptors (Lipinski definition) is 6. The van der Waals surface area contributed by atoms with Crippen LogP contribution in [0.3, 0.4) is 0 Å². The highest BCUT2D eigenvalue weighted by Gasteiger charge is 2.19. The Balaban J connectivity index is 1.60. The first-order chi connectivity index (χ1) is 14.3. The molecule has 1 aromatic heterocycles. The van der Waals surface area contributed by atoms with Crippen LogP contribution in [0.2, 0.25) is 0 Å². The molecule has 3 heterocycles. The van der Waals surface area contributed by atoms with Crippen molar-refractivity contribution < 1.29 is 13.9 Å². The monoisotopic (exact) mass is 398 g/mol. The number of fused-ring (bicyclic) bond motifs is 1. The third-order valence-corrected chi connectivity index (χ3v) is 5.73. The molecule has 0 saturated carbocycles. The van der Waals surface area contributed by atoms with Crippen LogP contribution >= 0.6 is 0 Å². The lowest BCUT2D eigenvalue weighted by Crippen LogP contribution is -2.36. The first-order valence-electron chi connectivity index (χ1n) is 10.6. The summed E-state index contributed by atoms with van der Waals surface area (Å²) in [7, 11) is 0. The number of piperidine rings is 1. The summed E-state index contributed by atoms with van der Waals surface area (Å²) >= 11 is 0. The molecular formula is C23H30N2O4. The second kappa shape index (κ2) is 9.46. The zero-order valence-corrected chi connectivity index (χ0v) is 17.0. The lowest BCUT2D eigenvalue weighted by molar-refractivity contribution is 0.121. The fourth-order valence-corrected chi connectivity index (χ4v) is 4.12. The van der Waals surface area contributed by atoms with Crippen LogP contribution in [0.25, 0.3) is 11.0 Å². The summed E-state index contributed by atoms with van der Waals surface area (Å²) in [5, 5.41) is 0.585. The number of anilines is 1. The highest BCUT2D eigenvalue weighted by Crippen LogP contribution is 2.30. The van der Waals surface area contributed by atoms with Crippen LogP contribution in [-0.4, -0.2) is 57.4 Å². The number of morpholine rings is 1. The van der Waals surface area contributed by atoms with E-state index in [0.717, 1.165) is 44.0 Å². The minimum Gasteiger partial charge on any atom is -0.492 e. The Kier molecular flexibility index (Phi) is 6.52. The van der Waals surface area contributed by atoms with Gasteiger partial charge in [0.1, 0.15) is 17.9 Å². The number of benzene rings is 1. The first kappa shape index (κ1) is 20.0. The van der Waals surface area contributed by atoms with Gasteiger partial charge in [-0.15, -0.1) is 6.58 Å². The Morgan fingerprint density at radius 1 is 1.10 bits per heavy atom. The Morgan fingerprint density at radius 2 is 1.90 bits per heavy atom. The molecule has 0 bridgehead atoms. The van der Waals surface area contributed by atoms with E-state index in [1.165, 1.54) is 19.3 Å². The van der Waals surface area contributed by atoms with Gasteiger partial charge in [0.15, 0.2) is 11.3 Å². The molecule has 2 fully saturated rings. The molecule has 0 N–H and O–H groups in total. The zero-order chi connectivity index (χ0) is 20.1. The Bertz CT molecular complexity index is 896. The third kappa shape index (κ3) is 4.65. The standard InChI is InChI=1S/C23H30N2O4/c1-2-6-19-21(28-16-11-24-9-4-3-5-10-24)8-7-18-20(26)17-22(29-23(18)19)25-12-14-27-15-13-25/h2,7-8,17H,1,3-6,9-16H2. The number of allylic oxidation sites excluding steroid dienone is 1. The predicted octanol–water partition coefficient (Wildman–Crippen LogP) is 3.22. The predicted molar refractivity (Wildman–Crippen MR) is 115 cm³/mol. The topological polar surface area (TPSA) is 55.2 Å². The van der Waals surface area contributed by atoms with Gasteiger partial charge in [-0.3, -0.25) is 9.69 Å². The molecule has 0 atom stereocenters. The highest BCUT2D eigenvalue weighted by atomic mass is 16.5. The van der Waals surface area contributed by atoms with Gasteiger partial charge in [-0.05, 0) is 44.5 Å². The van der Waals surface area contributed by atoms with Crippen molar-refractivity contribution in [3.05, 3.63) is 46.6 Å². The molecule has 6 heteroatoms. The summed E-state index contributed by atoms with van der Waals surface area (Å²) < 4.78 is 17.8. The van der Waals surface area contributed by atoms with E-state index >= 15 is 0 Å². The van der Waals surface area contributed by atoms with Crippen LogP contribution in [-0.2, 0) is 11.2 Å². The van der Waals surface area contributed by atoms with Gasteiger partial charge in [-0.1, -0.05) is 12.5 Å². The van der Waals surface area contributed by atoms with Crippen molar-refractivity contribution in [1.82, 2.24) is 4.90 Å². The summed E-state index contributed by atoms with van der Waals surface area (Å²) in [6, 6.07) is 5.29. The van der Waals surface area contributed by atoms with Crippen molar-refractivity contribution in [2.75, 3.05) is 57.4 Å². The number of ether oxygens (including phenoxy) is 2. The molecule has 0 radical (unpaired) electrons. The van der Waals surface area contributed by atoms with Crippen LogP contribution in [0.15, 0.2) is 40.1 Å². The average Bonchev–Trinajstić information content (AvgIpc) is 2.76. The van der Waals surface area contributed by atoms with E-state index in [0.29, 0.717) is 43.1 Å². The highest BCUT2D eigenvalue weighted by molar-refractivity contribution is 5.83. The van der Waals surface area contributed by atoms with Gasteiger partial charge in [0, 0.05) is 31.3 Å². The van der Waals surface area contributed by atoms with Crippen LogP contribution in [0, 0.1) is 0 Å². The van der Waals surface area contributed by atoms with Crippen LogP contribution in [0.5, 0.6) is 5.75 Å². The third-order valence-electron chi connectivity index (χ3n) is 5.73. The molecule has 0 unspecified atom stereocenters. The SMILES string of the molecule is C=CCc1c(OCCN2CCCCC2)ccc2c(=O)cc(N3CCOCC3)oc12. The molecule has 156 valence electrons. The zero-order valence-electron chi connectivity index (χ0n) is 17.0. The molecule has 2 saturated heterocycles. The maximum atomic E-state index is 12.7.